The number of aromatic nitrogens is 3. The zero-order valence-corrected chi connectivity index (χ0v) is 21.8. The molecule has 0 spiro atoms. The van der Waals surface area contributed by atoms with Gasteiger partial charge >= 0.3 is 0 Å². The van der Waals surface area contributed by atoms with E-state index < -0.39 is 5.67 Å². The second-order valence-corrected chi connectivity index (χ2v) is 8.77. The first-order valence-electron chi connectivity index (χ1n) is 12.6. The van der Waals surface area contributed by atoms with Gasteiger partial charge in [0, 0.05) is 41.3 Å². The van der Waals surface area contributed by atoms with Crippen LogP contribution in [0.5, 0.6) is 0 Å². The molecule has 0 aliphatic carbocycles. The maximum Gasteiger partial charge on any atom is 0.137 e. The highest BCUT2D eigenvalue weighted by Gasteiger charge is 2.32. The van der Waals surface area contributed by atoms with Gasteiger partial charge in [0.15, 0.2) is 0 Å². The van der Waals surface area contributed by atoms with E-state index in [0.717, 1.165) is 38.7 Å². The van der Waals surface area contributed by atoms with Gasteiger partial charge in [0.05, 0.1) is 23.1 Å². The van der Waals surface area contributed by atoms with Gasteiger partial charge in [0.1, 0.15) is 5.67 Å². The lowest BCUT2D eigenvalue weighted by molar-refractivity contribution is 0.153. The molecule has 35 heavy (non-hydrogen) atoms. The van der Waals surface area contributed by atoms with Gasteiger partial charge in [0.2, 0.25) is 0 Å². The summed E-state index contributed by atoms with van der Waals surface area (Å²) in [6.45, 7) is 10.2. The van der Waals surface area contributed by atoms with Crippen molar-refractivity contribution in [2.75, 3.05) is 7.05 Å². The lowest BCUT2D eigenvalue weighted by Crippen LogP contribution is -2.19. The van der Waals surface area contributed by atoms with Gasteiger partial charge in [0.25, 0.3) is 0 Å². The van der Waals surface area contributed by atoms with E-state index in [0.29, 0.717) is 23.9 Å². The first-order chi connectivity index (χ1) is 16.9. The SMILES string of the molecule is CCC(F)(CC)c1cc(C)c(-c2cnccn2)c2c1nc(/C=C\NC)c1ccccc12.CCCC. The van der Waals surface area contributed by atoms with Crippen LogP contribution in [0.4, 0.5) is 4.39 Å². The van der Waals surface area contributed by atoms with Crippen molar-refractivity contribution < 1.29 is 4.39 Å². The maximum atomic E-state index is 16.1. The van der Waals surface area contributed by atoms with Crippen molar-refractivity contribution in [1.29, 1.82) is 0 Å². The van der Waals surface area contributed by atoms with Crippen molar-refractivity contribution in [3.8, 4) is 11.3 Å². The van der Waals surface area contributed by atoms with E-state index in [1.54, 1.807) is 18.6 Å². The highest BCUT2D eigenvalue weighted by molar-refractivity contribution is 6.15. The van der Waals surface area contributed by atoms with E-state index in [2.05, 4.69) is 41.3 Å². The minimum atomic E-state index is -1.46. The summed E-state index contributed by atoms with van der Waals surface area (Å²) in [6.07, 6.45) is 12.3. The van der Waals surface area contributed by atoms with Crippen LogP contribution < -0.4 is 5.32 Å². The van der Waals surface area contributed by atoms with Crippen LogP contribution in [-0.4, -0.2) is 22.0 Å². The average molecular weight is 473 g/mol. The number of aryl methyl sites for hydroxylation is 1. The Morgan fingerprint density at radius 1 is 1.00 bits per heavy atom. The van der Waals surface area contributed by atoms with Crippen molar-refractivity contribution in [2.45, 2.75) is 66.0 Å². The summed E-state index contributed by atoms with van der Waals surface area (Å²) in [5.74, 6) is 0. The van der Waals surface area contributed by atoms with E-state index in [4.69, 9.17) is 4.98 Å². The summed E-state index contributed by atoms with van der Waals surface area (Å²) in [6, 6.07) is 10.1. The van der Waals surface area contributed by atoms with E-state index in [1.165, 1.54) is 12.8 Å². The van der Waals surface area contributed by atoms with Crippen LogP contribution in [0, 0.1) is 6.92 Å². The number of nitrogens with zero attached hydrogens (tertiary/aromatic N) is 3. The Hall–Kier alpha value is -3.34. The Kier molecular flexibility index (Phi) is 8.91. The summed E-state index contributed by atoms with van der Waals surface area (Å²) in [5.41, 5.74) is 3.37. The van der Waals surface area contributed by atoms with Crippen molar-refractivity contribution in [2.24, 2.45) is 0 Å². The van der Waals surface area contributed by atoms with Crippen LogP contribution in [0.25, 0.3) is 39.0 Å². The van der Waals surface area contributed by atoms with Gasteiger partial charge in [-0.1, -0.05) is 70.9 Å². The van der Waals surface area contributed by atoms with Crippen LogP contribution in [0.15, 0.2) is 55.1 Å². The Balaban J connectivity index is 0.000000795. The minimum Gasteiger partial charge on any atom is -0.394 e. The van der Waals surface area contributed by atoms with E-state index in [1.807, 2.05) is 58.3 Å². The third-order valence-electron chi connectivity index (χ3n) is 6.53. The highest BCUT2D eigenvalue weighted by atomic mass is 19.1. The van der Waals surface area contributed by atoms with Crippen LogP contribution >= 0.6 is 0 Å². The summed E-state index contributed by atoms with van der Waals surface area (Å²) < 4.78 is 16.1. The number of alkyl halides is 1. The number of unbranched alkanes of at least 4 members (excludes halogenated alkanes) is 1. The van der Waals surface area contributed by atoms with Crippen LogP contribution in [0.1, 0.15) is 70.2 Å². The first-order valence-corrected chi connectivity index (χ1v) is 12.6. The second kappa shape index (κ2) is 11.9. The number of pyridine rings is 1. The predicted octanol–water partition coefficient (Wildman–Crippen LogP) is 8.13. The van der Waals surface area contributed by atoms with Crippen molar-refractivity contribution in [1.82, 2.24) is 20.3 Å². The predicted molar refractivity (Wildman–Crippen MR) is 147 cm³/mol. The lowest BCUT2D eigenvalue weighted by Gasteiger charge is -2.26. The number of hydrogen-bond acceptors (Lipinski definition) is 4. The molecule has 0 fully saturated rings. The summed E-state index contributed by atoms with van der Waals surface area (Å²) >= 11 is 0. The largest absolute Gasteiger partial charge is 0.394 e. The molecule has 1 N–H and O–H groups in total. The molecule has 0 bridgehead atoms. The molecule has 0 saturated heterocycles. The third-order valence-corrected chi connectivity index (χ3v) is 6.53. The van der Waals surface area contributed by atoms with Gasteiger partial charge < -0.3 is 5.32 Å². The smallest absolute Gasteiger partial charge is 0.137 e. The molecule has 4 aromatic rings. The van der Waals surface area contributed by atoms with E-state index in [9.17, 15) is 0 Å². The molecule has 4 rings (SSSR count). The number of fused-ring (bicyclic) bond motifs is 3. The first kappa shape index (κ1) is 26.3. The molecule has 4 nitrogen and oxygen atoms in total. The summed E-state index contributed by atoms with van der Waals surface area (Å²) in [7, 11) is 1.85. The molecule has 5 heteroatoms. The molecule has 2 aromatic heterocycles. The molecule has 2 aromatic carbocycles. The number of halogens is 1. The maximum absolute atomic E-state index is 16.1. The molecule has 2 heterocycles. The number of benzene rings is 2. The second-order valence-electron chi connectivity index (χ2n) is 8.77. The fourth-order valence-corrected chi connectivity index (χ4v) is 4.31. The molecule has 0 amide bonds. The highest BCUT2D eigenvalue weighted by Crippen LogP contribution is 2.44. The molecule has 0 aliphatic heterocycles. The van der Waals surface area contributed by atoms with Gasteiger partial charge in [-0.15, -0.1) is 0 Å². The van der Waals surface area contributed by atoms with Gasteiger partial charge in [-0.05, 0) is 43.0 Å². The molecule has 0 saturated carbocycles. The zero-order chi connectivity index (χ0) is 25.4. The average Bonchev–Trinajstić information content (AvgIpc) is 2.91. The van der Waals surface area contributed by atoms with Crippen LogP contribution in [0.3, 0.4) is 0 Å². The molecule has 0 radical (unpaired) electrons. The normalized spacial score (nSPS) is 11.6. The molecule has 0 unspecified atom stereocenters. The van der Waals surface area contributed by atoms with Crippen molar-refractivity contribution in [3.05, 3.63) is 71.9 Å². The molecule has 184 valence electrons. The fourth-order valence-electron chi connectivity index (χ4n) is 4.31. The third kappa shape index (κ3) is 5.34. The molecule has 0 atom stereocenters. The van der Waals surface area contributed by atoms with Crippen molar-refractivity contribution >= 4 is 27.8 Å². The van der Waals surface area contributed by atoms with Gasteiger partial charge in [-0.25, -0.2) is 9.37 Å². The van der Waals surface area contributed by atoms with Crippen LogP contribution in [0.2, 0.25) is 0 Å². The number of hydrogen-bond donors (Lipinski definition) is 1. The Morgan fingerprint density at radius 3 is 2.26 bits per heavy atom. The number of nitrogens with one attached hydrogen (secondary N) is 1. The fraction of sp³-hybridized carbons (Fsp3) is 0.367. The minimum absolute atomic E-state index is 0.388. The summed E-state index contributed by atoms with van der Waals surface area (Å²) in [4.78, 5) is 13.9. The van der Waals surface area contributed by atoms with Crippen molar-refractivity contribution in [3.63, 3.8) is 0 Å². The lowest BCUT2D eigenvalue weighted by atomic mass is 9.84. The van der Waals surface area contributed by atoms with Gasteiger partial charge in [-0.3, -0.25) is 9.97 Å². The quantitative estimate of drug-likeness (QED) is 0.276. The van der Waals surface area contributed by atoms with E-state index in [-0.39, 0.29) is 0 Å². The summed E-state index contributed by atoms with van der Waals surface area (Å²) in [5, 5.41) is 6.00. The monoisotopic (exact) mass is 472 g/mol. The Bertz CT molecular complexity index is 1290. The van der Waals surface area contributed by atoms with E-state index >= 15 is 4.39 Å². The Morgan fingerprint density at radius 2 is 1.69 bits per heavy atom. The zero-order valence-electron chi connectivity index (χ0n) is 21.8. The molecular formula is C30H37FN4. The topological polar surface area (TPSA) is 50.7 Å². The number of rotatable bonds is 7. The van der Waals surface area contributed by atoms with Gasteiger partial charge in [-0.2, -0.15) is 0 Å². The molecular weight excluding hydrogens is 435 g/mol. The molecule has 0 aliphatic rings. The standard InChI is InChI=1S/C26H27FN4.C4H10/c1-5-26(27,6-2)20-15-17(3)23(22-16-29-13-14-30-22)24-19-10-8-7-9-18(19)21(11-12-28-4)31-25(20)24;1-3-4-2/h7-16,28H,5-6H2,1-4H3;3-4H2,1-2H3/b12-11-;. The van der Waals surface area contributed by atoms with Crippen LogP contribution in [-0.2, 0) is 5.67 Å². The Labute approximate surface area is 208 Å².